The number of nitrogen functional groups attached to an aromatic ring is 1. The van der Waals surface area contributed by atoms with Gasteiger partial charge in [0.25, 0.3) is 5.56 Å². The van der Waals surface area contributed by atoms with Crippen molar-refractivity contribution in [2.45, 2.75) is 5.03 Å². The Labute approximate surface area is 129 Å². The molecule has 2 rings (SSSR count). The van der Waals surface area contributed by atoms with Crippen molar-refractivity contribution in [3.8, 4) is 5.82 Å². The number of nitrogens with zero attached hydrogens (tertiary/aromatic N) is 4. The molecule has 2 aromatic rings. The van der Waals surface area contributed by atoms with Crippen molar-refractivity contribution in [2.24, 2.45) is 14.1 Å². The van der Waals surface area contributed by atoms with Gasteiger partial charge in [-0.3, -0.25) is 13.9 Å². The lowest BCUT2D eigenvalue weighted by atomic mass is 10.3. The summed E-state index contributed by atoms with van der Waals surface area (Å²) in [6.07, 6.45) is 1.72. The number of carbonyl (C=O) groups excluding carboxylic acids is 1. The summed E-state index contributed by atoms with van der Waals surface area (Å²) in [4.78, 5) is 35.6. The summed E-state index contributed by atoms with van der Waals surface area (Å²) in [5, 5.41) is 4.53. The van der Waals surface area contributed by atoms with Crippen LogP contribution in [0.3, 0.4) is 0 Å². The van der Waals surface area contributed by atoms with Crippen LogP contribution in [0.15, 0.2) is 20.7 Å². The average molecular weight is 325 g/mol. The molecule has 0 aromatic carbocycles. The van der Waals surface area contributed by atoms with Crippen molar-refractivity contribution in [3.63, 3.8) is 0 Å². The van der Waals surface area contributed by atoms with Crippen LogP contribution in [0.5, 0.6) is 0 Å². The third-order valence-corrected chi connectivity index (χ3v) is 3.86. The fourth-order valence-electron chi connectivity index (χ4n) is 1.95. The van der Waals surface area contributed by atoms with E-state index in [1.54, 1.807) is 6.26 Å². The first-order valence-electron chi connectivity index (χ1n) is 6.11. The van der Waals surface area contributed by atoms with Gasteiger partial charge in [-0.1, -0.05) is 0 Å². The standard InChI is InChI=1S/C12H15N5O4S/c1-15-6(5-7(18)16(2)12(15)20)17-9(13)8(11(19)21-3)10(14-17)22-4/h5H,13H2,1-4H3. The molecule has 2 heterocycles. The largest absolute Gasteiger partial charge is 0.465 e. The van der Waals surface area contributed by atoms with Crippen LogP contribution in [0, 0.1) is 0 Å². The van der Waals surface area contributed by atoms with Crippen molar-refractivity contribution < 1.29 is 9.53 Å². The number of nitrogens with two attached hydrogens (primary N) is 1. The van der Waals surface area contributed by atoms with Gasteiger partial charge in [0.05, 0.1) is 7.11 Å². The molecule has 0 fully saturated rings. The molecular weight excluding hydrogens is 310 g/mol. The Balaban J connectivity index is 2.80. The van der Waals surface area contributed by atoms with Gasteiger partial charge < -0.3 is 10.5 Å². The first kappa shape index (κ1) is 15.9. The van der Waals surface area contributed by atoms with Gasteiger partial charge in [0, 0.05) is 20.2 Å². The minimum absolute atomic E-state index is 0.000506. The Hall–Kier alpha value is -2.49. The van der Waals surface area contributed by atoms with Gasteiger partial charge in [-0.25, -0.2) is 9.59 Å². The topological polar surface area (TPSA) is 114 Å². The van der Waals surface area contributed by atoms with Crippen molar-refractivity contribution in [3.05, 3.63) is 32.5 Å². The molecule has 0 aliphatic heterocycles. The Morgan fingerprint density at radius 2 is 1.95 bits per heavy atom. The zero-order valence-corrected chi connectivity index (χ0v) is 13.3. The Morgan fingerprint density at radius 1 is 1.32 bits per heavy atom. The quantitative estimate of drug-likeness (QED) is 0.589. The van der Waals surface area contributed by atoms with E-state index in [1.807, 2.05) is 0 Å². The van der Waals surface area contributed by atoms with Crippen molar-refractivity contribution in [1.29, 1.82) is 0 Å². The maximum absolute atomic E-state index is 12.0. The fourth-order valence-corrected chi connectivity index (χ4v) is 2.50. The van der Waals surface area contributed by atoms with Gasteiger partial charge in [0.2, 0.25) is 0 Å². The molecule has 0 atom stereocenters. The molecule has 0 amide bonds. The maximum Gasteiger partial charge on any atom is 0.344 e. The molecule has 0 saturated heterocycles. The number of aromatic nitrogens is 4. The monoisotopic (exact) mass is 325 g/mol. The highest BCUT2D eigenvalue weighted by molar-refractivity contribution is 7.98. The van der Waals surface area contributed by atoms with E-state index in [0.29, 0.717) is 5.03 Å². The number of ether oxygens (including phenoxy) is 1. The molecule has 0 saturated carbocycles. The molecule has 9 nitrogen and oxygen atoms in total. The number of hydrogen-bond donors (Lipinski definition) is 1. The van der Waals surface area contributed by atoms with E-state index in [1.165, 1.54) is 48.3 Å². The lowest BCUT2D eigenvalue weighted by Crippen LogP contribution is -2.38. The second kappa shape index (κ2) is 5.72. The smallest absolute Gasteiger partial charge is 0.344 e. The average Bonchev–Trinajstić information content (AvgIpc) is 2.84. The highest BCUT2D eigenvalue weighted by Gasteiger charge is 2.24. The molecule has 0 bridgehead atoms. The van der Waals surface area contributed by atoms with Crippen molar-refractivity contribution in [1.82, 2.24) is 18.9 Å². The van der Waals surface area contributed by atoms with Crippen LogP contribution in [0.25, 0.3) is 5.82 Å². The van der Waals surface area contributed by atoms with E-state index in [0.717, 1.165) is 4.57 Å². The van der Waals surface area contributed by atoms with E-state index in [2.05, 4.69) is 9.84 Å². The molecule has 0 aliphatic carbocycles. The predicted octanol–water partition coefficient (Wildman–Crippen LogP) is -0.640. The second-order valence-electron chi connectivity index (χ2n) is 4.41. The Kier molecular flexibility index (Phi) is 4.13. The number of thioether (sulfide) groups is 1. The van der Waals surface area contributed by atoms with Gasteiger partial charge in [0.1, 0.15) is 22.2 Å². The molecular formula is C12H15N5O4S. The lowest BCUT2D eigenvalue weighted by molar-refractivity contribution is 0.0598. The molecule has 118 valence electrons. The number of rotatable bonds is 3. The highest BCUT2D eigenvalue weighted by Crippen LogP contribution is 2.27. The summed E-state index contributed by atoms with van der Waals surface area (Å²) in [5.74, 6) is -0.475. The van der Waals surface area contributed by atoms with Gasteiger partial charge >= 0.3 is 11.7 Å². The Bertz CT molecular complexity index is 864. The second-order valence-corrected chi connectivity index (χ2v) is 5.21. The number of methoxy groups -OCH3 is 1. The van der Waals surface area contributed by atoms with Gasteiger partial charge in [-0.2, -0.15) is 9.78 Å². The third-order valence-electron chi connectivity index (χ3n) is 3.19. The van der Waals surface area contributed by atoms with E-state index in [9.17, 15) is 14.4 Å². The predicted molar refractivity (Wildman–Crippen MR) is 81.6 cm³/mol. The molecule has 2 N–H and O–H groups in total. The molecule has 0 unspecified atom stereocenters. The molecule has 0 radical (unpaired) electrons. The third kappa shape index (κ3) is 2.30. The first-order valence-corrected chi connectivity index (χ1v) is 7.34. The van der Waals surface area contributed by atoms with Crippen molar-refractivity contribution in [2.75, 3.05) is 19.1 Å². The SMILES string of the molecule is COC(=O)c1c(SC)nn(-c2cc(=O)n(C)c(=O)n2C)c1N. The fraction of sp³-hybridized carbons (Fsp3) is 0.333. The molecule has 0 aliphatic rings. The van der Waals surface area contributed by atoms with E-state index < -0.39 is 17.2 Å². The highest BCUT2D eigenvalue weighted by atomic mass is 32.2. The summed E-state index contributed by atoms with van der Waals surface area (Å²) in [5.41, 5.74) is 5.03. The van der Waals surface area contributed by atoms with E-state index in [4.69, 9.17) is 5.73 Å². The van der Waals surface area contributed by atoms with Crippen molar-refractivity contribution >= 4 is 23.5 Å². The summed E-state index contributed by atoms with van der Waals surface area (Å²) in [7, 11) is 4.08. The number of esters is 1. The van der Waals surface area contributed by atoms with Crippen LogP contribution in [0.2, 0.25) is 0 Å². The van der Waals surface area contributed by atoms with Crippen LogP contribution in [0.1, 0.15) is 10.4 Å². The van der Waals surface area contributed by atoms with E-state index in [-0.39, 0.29) is 17.2 Å². The minimum Gasteiger partial charge on any atom is -0.465 e. The van der Waals surface area contributed by atoms with Crippen LogP contribution >= 0.6 is 11.8 Å². The lowest BCUT2D eigenvalue weighted by Gasteiger charge is -2.10. The van der Waals surface area contributed by atoms with E-state index >= 15 is 0 Å². The van der Waals surface area contributed by atoms with Crippen LogP contribution in [-0.2, 0) is 18.8 Å². The minimum atomic E-state index is -0.637. The maximum atomic E-state index is 12.0. The van der Waals surface area contributed by atoms with Crippen LogP contribution in [-0.4, -0.2) is 38.2 Å². The van der Waals surface area contributed by atoms with Crippen LogP contribution in [0.4, 0.5) is 5.82 Å². The van der Waals surface area contributed by atoms with Gasteiger partial charge in [-0.15, -0.1) is 11.8 Å². The molecule has 22 heavy (non-hydrogen) atoms. The molecule has 2 aromatic heterocycles. The summed E-state index contributed by atoms with van der Waals surface area (Å²) >= 11 is 1.20. The summed E-state index contributed by atoms with van der Waals surface area (Å²) < 4.78 is 8.04. The number of anilines is 1. The van der Waals surface area contributed by atoms with Gasteiger partial charge in [0.15, 0.2) is 0 Å². The zero-order chi connectivity index (χ0) is 16.6. The molecule has 0 spiro atoms. The molecule has 10 heteroatoms. The normalized spacial score (nSPS) is 10.7. The van der Waals surface area contributed by atoms with Crippen LogP contribution < -0.4 is 17.0 Å². The van der Waals surface area contributed by atoms with Gasteiger partial charge in [-0.05, 0) is 6.26 Å². The summed E-state index contributed by atoms with van der Waals surface area (Å²) in [6, 6.07) is 1.22. The number of hydrogen-bond acceptors (Lipinski definition) is 7. The first-order chi connectivity index (χ1) is 10.3. The zero-order valence-electron chi connectivity index (χ0n) is 12.5. The number of carbonyl (C=O) groups is 1. The summed E-state index contributed by atoms with van der Waals surface area (Å²) in [6.45, 7) is 0. The Morgan fingerprint density at radius 3 is 2.50 bits per heavy atom.